The van der Waals surface area contributed by atoms with E-state index in [1.54, 1.807) is 6.07 Å². The van der Waals surface area contributed by atoms with E-state index >= 15 is 0 Å². The third-order valence-corrected chi connectivity index (χ3v) is 10.5. The first-order valence-electron chi connectivity index (χ1n) is 17.2. The Morgan fingerprint density at radius 3 is 2.57 bits per heavy atom. The minimum Gasteiger partial charge on any atom is -0.490 e. The van der Waals surface area contributed by atoms with Gasteiger partial charge in [0.1, 0.15) is 17.4 Å². The van der Waals surface area contributed by atoms with Crippen LogP contribution in [0.5, 0.6) is 5.75 Å². The van der Waals surface area contributed by atoms with Crippen LogP contribution in [0.4, 0.5) is 10.2 Å². The van der Waals surface area contributed by atoms with Crippen molar-refractivity contribution in [1.82, 2.24) is 9.38 Å². The van der Waals surface area contributed by atoms with Crippen molar-refractivity contribution in [2.24, 2.45) is 0 Å². The quantitative estimate of drug-likeness (QED) is 0.194. The smallest absolute Gasteiger partial charge is 0.339 e. The van der Waals surface area contributed by atoms with Gasteiger partial charge in [0.05, 0.1) is 34.6 Å². The Hall–Kier alpha value is -3.47. The second kappa shape index (κ2) is 14.0. The molecular weight excluding hydrogens is 689 g/mol. The number of fused-ring (bicyclic) bond motifs is 8. The summed E-state index contributed by atoms with van der Waals surface area (Å²) in [6, 6.07) is 12.6. The fraction of sp³-hybridized carbons (Fsp3) is 0.487. The van der Waals surface area contributed by atoms with Crippen LogP contribution in [-0.4, -0.2) is 59.5 Å². The van der Waals surface area contributed by atoms with Gasteiger partial charge in [0, 0.05) is 42.6 Å². The Morgan fingerprint density at radius 1 is 1.12 bits per heavy atom. The number of halogens is 2. The van der Waals surface area contributed by atoms with Gasteiger partial charge in [-0.05, 0) is 125 Å². The van der Waals surface area contributed by atoms with Gasteiger partial charge in [-0.15, -0.1) is 0 Å². The molecule has 2 aromatic heterocycles. The highest BCUT2D eigenvalue weighted by molar-refractivity contribution is 9.10. The summed E-state index contributed by atoms with van der Waals surface area (Å²) >= 11 is 3.85. The minimum absolute atomic E-state index is 0.0421. The Balaban J connectivity index is 1.57. The molecule has 1 fully saturated rings. The molecule has 3 aliphatic rings. The van der Waals surface area contributed by atoms with E-state index in [1.807, 2.05) is 58.2 Å². The SMILES string of the molecule is COC(=O)C(OC(C)(C)C)c1c(C)c(Br)c2nc3cn2c1N1CCC(C)(CC1)OCCCCC(C)Oc1ccc(F)cc1-c1cccc-3c1. The minimum atomic E-state index is -0.973. The number of carbonyl (C=O) groups excluding carboxylic acids is 1. The molecule has 0 spiro atoms. The molecule has 262 valence electrons. The summed E-state index contributed by atoms with van der Waals surface area (Å²) in [4.78, 5) is 21.0. The van der Waals surface area contributed by atoms with Crippen molar-refractivity contribution in [1.29, 1.82) is 0 Å². The van der Waals surface area contributed by atoms with Crippen molar-refractivity contribution in [3.05, 3.63) is 70.1 Å². The van der Waals surface area contributed by atoms with Gasteiger partial charge in [0.2, 0.25) is 0 Å². The maximum atomic E-state index is 14.7. The molecule has 0 aliphatic carbocycles. The fourth-order valence-electron chi connectivity index (χ4n) is 6.88. The summed E-state index contributed by atoms with van der Waals surface area (Å²) in [5.74, 6) is 0.693. The standard InChI is InChI=1S/C39H47BrFN3O5/c1-24-11-8-9-20-47-39(6)16-18-43(19-17-39)36-32(34(37(45)46-7)49-38(3,4)5)25(2)33(40)35-42-30(23-44(35)36)27-13-10-12-26(21-27)29-22-28(41)14-15-31(29)48-24/h10,12-15,21-24,34H,8-9,11,16-20H2,1-7H3. The first-order chi connectivity index (χ1) is 23.3. The summed E-state index contributed by atoms with van der Waals surface area (Å²) < 4.78 is 42.3. The van der Waals surface area contributed by atoms with Gasteiger partial charge < -0.3 is 23.8 Å². The van der Waals surface area contributed by atoms with Crippen LogP contribution >= 0.6 is 15.9 Å². The van der Waals surface area contributed by atoms with Gasteiger partial charge in [-0.25, -0.2) is 14.2 Å². The second-order valence-corrected chi connectivity index (χ2v) is 15.4. The number of rotatable bonds is 3. The second-order valence-electron chi connectivity index (χ2n) is 14.6. The molecule has 0 radical (unpaired) electrons. The summed E-state index contributed by atoms with van der Waals surface area (Å²) in [6.45, 7) is 14.2. The Kier molecular flexibility index (Phi) is 10.1. The average molecular weight is 737 g/mol. The molecule has 2 aromatic carbocycles. The van der Waals surface area contributed by atoms with Gasteiger partial charge in [-0.3, -0.25) is 4.40 Å². The zero-order valence-electron chi connectivity index (χ0n) is 29.6. The monoisotopic (exact) mass is 735 g/mol. The highest BCUT2D eigenvalue weighted by atomic mass is 79.9. The molecular formula is C39H47BrFN3O5. The van der Waals surface area contributed by atoms with Crippen molar-refractivity contribution >= 4 is 33.4 Å². The van der Waals surface area contributed by atoms with E-state index in [4.69, 9.17) is 23.9 Å². The summed E-state index contributed by atoms with van der Waals surface area (Å²) in [5.41, 5.74) is 4.53. The molecule has 8 nitrogen and oxygen atoms in total. The first-order valence-corrected chi connectivity index (χ1v) is 18.0. The van der Waals surface area contributed by atoms with Crippen LogP contribution in [0, 0.1) is 12.7 Å². The third-order valence-electron chi connectivity index (χ3n) is 9.57. The van der Waals surface area contributed by atoms with E-state index in [9.17, 15) is 9.18 Å². The average Bonchev–Trinajstić information content (AvgIpc) is 3.51. The number of anilines is 1. The number of ether oxygens (including phenoxy) is 4. The Bertz CT molecular complexity index is 1840. The van der Waals surface area contributed by atoms with Gasteiger partial charge in [-0.1, -0.05) is 18.2 Å². The number of pyridine rings is 1. The molecule has 5 heterocycles. The molecule has 10 heteroatoms. The van der Waals surface area contributed by atoms with Gasteiger partial charge in [0.25, 0.3) is 0 Å². The maximum absolute atomic E-state index is 14.7. The fourth-order valence-corrected chi connectivity index (χ4v) is 7.37. The third kappa shape index (κ3) is 7.51. The lowest BCUT2D eigenvalue weighted by Gasteiger charge is -2.42. The van der Waals surface area contributed by atoms with Crippen LogP contribution in [-0.2, 0) is 19.0 Å². The van der Waals surface area contributed by atoms with Gasteiger partial charge >= 0.3 is 5.97 Å². The van der Waals surface area contributed by atoms with E-state index in [0.29, 0.717) is 17.9 Å². The zero-order valence-corrected chi connectivity index (χ0v) is 31.2. The highest BCUT2D eigenvalue weighted by Crippen LogP contribution is 2.43. The highest BCUT2D eigenvalue weighted by Gasteiger charge is 2.38. The number of methoxy groups -OCH3 is 1. The van der Waals surface area contributed by atoms with Crippen molar-refractivity contribution in [3.63, 3.8) is 0 Å². The van der Waals surface area contributed by atoms with Crippen LogP contribution in [0.3, 0.4) is 0 Å². The predicted octanol–water partition coefficient (Wildman–Crippen LogP) is 9.23. The van der Waals surface area contributed by atoms with E-state index in [1.165, 1.54) is 19.2 Å². The Morgan fingerprint density at radius 2 is 1.86 bits per heavy atom. The number of aromatic nitrogens is 2. The molecule has 3 aliphatic heterocycles. The Labute approximate surface area is 297 Å². The zero-order chi connectivity index (χ0) is 35.1. The van der Waals surface area contributed by atoms with E-state index < -0.39 is 17.7 Å². The summed E-state index contributed by atoms with van der Waals surface area (Å²) in [5, 5.41) is 0. The molecule has 4 aromatic rings. The predicted molar refractivity (Wildman–Crippen MR) is 194 cm³/mol. The lowest BCUT2D eigenvalue weighted by Crippen LogP contribution is -2.45. The first kappa shape index (κ1) is 35.4. The molecule has 0 amide bonds. The topological polar surface area (TPSA) is 74.5 Å². The molecule has 2 unspecified atom stereocenters. The van der Waals surface area contributed by atoms with Gasteiger partial charge in [-0.2, -0.15) is 0 Å². The molecule has 0 saturated carbocycles. The summed E-state index contributed by atoms with van der Waals surface area (Å²) in [7, 11) is 1.39. The number of carbonyl (C=O) groups is 1. The van der Waals surface area contributed by atoms with Crippen LogP contribution in [0.25, 0.3) is 28.0 Å². The number of benzene rings is 2. The number of imidazole rings is 1. The van der Waals surface area contributed by atoms with E-state index in [2.05, 4.69) is 39.1 Å². The molecule has 49 heavy (non-hydrogen) atoms. The van der Waals surface area contributed by atoms with Crippen LogP contribution in [0.2, 0.25) is 0 Å². The van der Waals surface area contributed by atoms with Crippen molar-refractivity contribution in [2.45, 2.75) is 97.1 Å². The molecule has 7 rings (SSSR count). The number of hydrogen-bond donors (Lipinski definition) is 0. The molecule has 1 saturated heterocycles. The van der Waals surface area contributed by atoms with Crippen molar-refractivity contribution in [2.75, 3.05) is 31.7 Å². The van der Waals surface area contributed by atoms with Crippen LogP contribution < -0.4 is 9.64 Å². The maximum Gasteiger partial charge on any atom is 0.339 e. The largest absolute Gasteiger partial charge is 0.490 e. The number of hydrogen-bond acceptors (Lipinski definition) is 7. The normalized spacial score (nSPS) is 20.9. The molecule has 0 N–H and O–H groups in total. The number of piperidine rings is 1. The summed E-state index contributed by atoms with van der Waals surface area (Å²) in [6.07, 6.45) is 5.38. The van der Waals surface area contributed by atoms with Crippen LogP contribution in [0.15, 0.2) is 53.1 Å². The van der Waals surface area contributed by atoms with Crippen molar-refractivity contribution in [3.8, 4) is 28.1 Å². The lowest BCUT2D eigenvalue weighted by molar-refractivity contribution is -0.164. The van der Waals surface area contributed by atoms with Crippen LogP contribution in [0.1, 0.15) is 84.0 Å². The molecule has 6 bridgehead atoms. The van der Waals surface area contributed by atoms with Gasteiger partial charge in [0.15, 0.2) is 11.8 Å². The number of nitrogens with zero attached hydrogens (tertiary/aromatic N) is 3. The van der Waals surface area contributed by atoms with E-state index in [-0.39, 0.29) is 17.5 Å². The molecule has 2 atom stereocenters. The van der Waals surface area contributed by atoms with Crippen molar-refractivity contribution < 1.29 is 28.1 Å². The number of esters is 1. The van der Waals surface area contributed by atoms with E-state index in [0.717, 1.165) is 89.1 Å². The lowest BCUT2D eigenvalue weighted by atomic mass is 9.92.